The molecule has 0 radical (unpaired) electrons. The zero-order valence-electron chi connectivity index (χ0n) is 16.5. The highest BCUT2D eigenvalue weighted by atomic mass is 32.1. The van der Waals surface area contributed by atoms with Gasteiger partial charge in [0.1, 0.15) is 10.6 Å². The molecule has 0 spiro atoms. The SMILES string of the molecule is Cc1sc2c(c1C)c(=O)n(-c1cccc(C(F)(F)F)c1)c(=O)n2Cc1ccccc1F. The number of halogens is 4. The molecule has 160 valence electrons. The minimum Gasteiger partial charge on any atom is -0.279 e. The first kappa shape index (κ1) is 21.0. The van der Waals surface area contributed by atoms with Gasteiger partial charge >= 0.3 is 11.9 Å². The van der Waals surface area contributed by atoms with Gasteiger partial charge in [-0.3, -0.25) is 9.36 Å². The first-order chi connectivity index (χ1) is 14.6. The summed E-state index contributed by atoms with van der Waals surface area (Å²) in [5.74, 6) is -0.524. The highest BCUT2D eigenvalue weighted by Crippen LogP contribution is 2.31. The van der Waals surface area contributed by atoms with Crippen molar-refractivity contribution in [3.8, 4) is 5.69 Å². The van der Waals surface area contributed by atoms with Crippen LogP contribution >= 0.6 is 11.3 Å². The molecule has 4 rings (SSSR count). The number of rotatable bonds is 3. The third-order valence-corrected chi connectivity index (χ3v) is 6.40. The average Bonchev–Trinajstić information content (AvgIpc) is 3.01. The van der Waals surface area contributed by atoms with Crippen LogP contribution in [0.4, 0.5) is 17.6 Å². The lowest BCUT2D eigenvalue weighted by atomic mass is 10.1. The van der Waals surface area contributed by atoms with Crippen molar-refractivity contribution in [1.82, 2.24) is 9.13 Å². The van der Waals surface area contributed by atoms with Crippen LogP contribution in [-0.2, 0) is 12.7 Å². The molecular formula is C22H16F4N2O2S. The van der Waals surface area contributed by atoms with Gasteiger partial charge in [0.25, 0.3) is 5.56 Å². The molecule has 31 heavy (non-hydrogen) atoms. The summed E-state index contributed by atoms with van der Waals surface area (Å²) in [6, 6.07) is 9.94. The van der Waals surface area contributed by atoms with Crippen LogP contribution in [0.15, 0.2) is 58.1 Å². The van der Waals surface area contributed by atoms with Crippen LogP contribution in [0.3, 0.4) is 0 Å². The summed E-state index contributed by atoms with van der Waals surface area (Å²) >= 11 is 1.22. The van der Waals surface area contributed by atoms with Gasteiger partial charge in [-0.2, -0.15) is 13.2 Å². The van der Waals surface area contributed by atoms with E-state index in [1.165, 1.54) is 40.2 Å². The van der Waals surface area contributed by atoms with Crippen molar-refractivity contribution in [2.75, 3.05) is 0 Å². The van der Waals surface area contributed by atoms with Gasteiger partial charge in [-0.25, -0.2) is 13.8 Å². The summed E-state index contributed by atoms with van der Waals surface area (Å²) in [5, 5.41) is 0.232. The largest absolute Gasteiger partial charge is 0.416 e. The molecule has 0 fully saturated rings. The number of aromatic nitrogens is 2. The summed E-state index contributed by atoms with van der Waals surface area (Å²) in [6.07, 6.45) is -4.63. The van der Waals surface area contributed by atoms with Crippen molar-refractivity contribution in [2.45, 2.75) is 26.6 Å². The van der Waals surface area contributed by atoms with Crippen molar-refractivity contribution >= 4 is 21.6 Å². The number of benzene rings is 2. The van der Waals surface area contributed by atoms with Gasteiger partial charge in [-0.05, 0) is 43.7 Å². The van der Waals surface area contributed by atoms with Crippen LogP contribution in [-0.4, -0.2) is 9.13 Å². The minimum atomic E-state index is -4.63. The van der Waals surface area contributed by atoms with Crippen LogP contribution in [0, 0.1) is 19.7 Å². The number of fused-ring (bicyclic) bond motifs is 1. The highest BCUT2D eigenvalue weighted by molar-refractivity contribution is 7.18. The fourth-order valence-corrected chi connectivity index (χ4v) is 4.58. The van der Waals surface area contributed by atoms with Crippen LogP contribution < -0.4 is 11.2 Å². The summed E-state index contributed by atoms with van der Waals surface area (Å²) in [4.78, 5) is 27.7. The second kappa shape index (κ2) is 7.49. The predicted molar refractivity (Wildman–Crippen MR) is 112 cm³/mol. The number of aryl methyl sites for hydroxylation is 2. The van der Waals surface area contributed by atoms with E-state index in [0.29, 0.717) is 10.4 Å². The molecule has 0 aliphatic heterocycles. The number of hydrogen-bond acceptors (Lipinski definition) is 3. The molecule has 0 aliphatic carbocycles. The Hall–Kier alpha value is -3.20. The minimum absolute atomic E-state index is 0.166. The van der Waals surface area contributed by atoms with Gasteiger partial charge in [-0.15, -0.1) is 11.3 Å². The van der Waals surface area contributed by atoms with Crippen molar-refractivity contribution in [3.63, 3.8) is 0 Å². The third kappa shape index (κ3) is 3.59. The van der Waals surface area contributed by atoms with E-state index in [9.17, 15) is 27.2 Å². The molecule has 4 nitrogen and oxygen atoms in total. The maximum atomic E-state index is 14.3. The Kier molecular flexibility index (Phi) is 5.09. The Balaban J connectivity index is 2.06. The average molecular weight is 448 g/mol. The molecule has 9 heteroatoms. The van der Waals surface area contributed by atoms with Gasteiger partial charge in [-0.1, -0.05) is 24.3 Å². The van der Waals surface area contributed by atoms with Gasteiger partial charge < -0.3 is 0 Å². The second-order valence-corrected chi connectivity index (χ2v) is 8.32. The molecule has 2 aromatic heterocycles. The standard InChI is InChI=1S/C22H16F4N2O2S/c1-12-13(2)31-20-18(12)19(29)28(16-8-5-7-15(10-16)22(24,25)26)21(30)27(20)11-14-6-3-4-9-17(14)23/h3-10H,11H2,1-2H3. The number of hydrogen-bond donors (Lipinski definition) is 0. The van der Waals surface area contributed by atoms with E-state index < -0.39 is 28.8 Å². The first-order valence-corrected chi connectivity index (χ1v) is 10.1. The van der Waals surface area contributed by atoms with Gasteiger partial charge in [0, 0.05) is 10.4 Å². The molecule has 0 amide bonds. The zero-order chi connectivity index (χ0) is 22.5. The van der Waals surface area contributed by atoms with Crippen molar-refractivity contribution in [3.05, 3.63) is 96.8 Å². The summed E-state index contributed by atoms with van der Waals surface area (Å²) in [7, 11) is 0. The molecule has 2 aromatic carbocycles. The maximum Gasteiger partial charge on any atom is 0.416 e. The van der Waals surface area contributed by atoms with Crippen LogP contribution in [0.1, 0.15) is 21.6 Å². The summed E-state index contributed by atoms with van der Waals surface area (Å²) in [6.45, 7) is 3.33. The highest BCUT2D eigenvalue weighted by Gasteiger charge is 2.31. The molecule has 0 saturated heterocycles. The van der Waals surface area contributed by atoms with E-state index in [2.05, 4.69) is 0 Å². The lowest BCUT2D eigenvalue weighted by Crippen LogP contribution is -2.39. The van der Waals surface area contributed by atoms with Crippen LogP contribution in [0.5, 0.6) is 0 Å². The molecule has 0 bridgehead atoms. The Morgan fingerprint density at radius 1 is 1.00 bits per heavy atom. The van der Waals surface area contributed by atoms with Gasteiger partial charge in [0.2, 0.25) is 0 Å². The van der Waals surface area contributed by atoms with Crippen LogP contribution in [0.25, 0.3) is 15.9 Å². The molecule has 4 aromatic rings. The Morgan fingerprint density at radius 3 is 2.39 bits per heavy atom. The maximum absolute atomic E-state index is 14.3. The molecule has 0 atom stereocenters. The van der Waals surface area contributed by atoms with E-state index in [1.807, 2.05) is 0 Å². The van der Waals surface area contributed by atoms with E-state index in [4.69, 9.17) is 0 Å². The first-order valence-electron chi connectivity index (χ1n) is 9.26. The van der Waals surface area contributed by atoms with E-state index in [-0.39, 0.29) is 23.2 Å². The van der Waals surface area contributed by atoms with E-state index in [1.54, 1.807) is 19.9 Å². The summed E-state index contributed by atoms with van der Waals surface area (Å²) < 4.78 is 55.8. The smallest absolute Gasteiger partial charge is 0.279 e. The van der Waals surface area contributed by atoms with Gasteiger partial charge in [0.15, 0.2) is 0 Å². The number of nitrogens with zero attached hydrogens (tertiary/aromatic N) is 2. The number of alkyl halides is 3. The fourth-order valence-electron chi connectivity index (χ4n) is 3.44. The lowest BCUT2D eigenvalue weighted by Gasteiger charge is -2.14. The second-order valence-electron chi connectivity index (χ2n) is 7.11. The van der Waals surface area contributed by atoms with Crippen molar-refractivity contribution < 1.29 is 17.6 Å². The quantitative estimate of drug-likeness (QED) is 0.413. The van der Waals surface area contributed by atoms with Crippen molar-refractivity contribution in [1.29, 1.82) is 0 Å². The molecule has 0 N–H and O–H groups in total. The van der Waals surface area contributed by atoms with E-state index >= 15 is 0 Å². The molecule has 2 heterocycles. The Bertz CT molecular complexity index is 1430. The van der Waals surface area contributed by atoms with Crippen molar-refractivity contribution in [2.24, 2.45) is 0 Å². The zero-order valence-corrected chi connectivity index (χ0v) is 17.3. The molecule has 0 saturated carbocycles. The summed E-state index contributed by atoms with van der Waals surface area (Å²) in [5.41, 5.74) is -1.85. The molecule has 0 unspecified atom stereocenters. The number of thiophene rings is 1. The van der Waals surface area contributed by atoms with E-state index in [0.717, 1.165) is 27.6 Å². The van der Waals surface area contributed by atoms with Crippen LogP contribution in [0.2, 0.25) is 0 Å². The third-order valence-electron chi connectivity index (χ3n) is 5.17. The predicted octanol–water partition coefficient (Wildman–Crippen LogP) is 5.04. The molecule has 0 aliphatic rings. The lowest BCUT2D eigenvalue weighted by molar-refractivity contribution is -0.137. The van der Waals surface area contributed by atoms with Gasteiger partial charge in [0.05, 0.1) is 23.2 Å². The fraction of sp³-hybridized carbons (Fsp3) is 0.182. The Morgan fingerprint density at radius 2 is 1.71 bits per heavy atom. The monoisotopic (exact) mass is 448 g/mol. The topological polar surface area (TPSA) is 44.0 Å². The molecular weight excluding hydrogens is 432 g/mol. The Labute approximate surface area is 177 Å². The normalized spacial score (nSPS) is 11.9.